The van der Waals surface area contributed by atoms with Crippen LogP contribution in [0.15, 0.2) is 18.2 Å². The maximum atomic E-state index is 12.9. The van der Waals surface area contributed by atoms with E-state index in [0.717, 1.165) is 36.4 Å². The molecule has 1 aromatic heterocycles. The summed E-state index contributed by atoms with van der Waals surface area (Å²) in [6, 6.07) is 3.56. The lowest BCUT2D eigenvalue weighted by atomic mass is 10.1. The van der Waals surface area contributed by atoms with Gasteiger partial charge in [0.05, 0.1) is 11.3 Å². The highest BCUT2D eigenvalue weighted by Crippen LogP contribution is 2.31. The number of fused-ring (bicyclic) bond motifs is 1. The second-order valence-corrected chi connectivity index (χ2v) is 5.79. The molecule has 0 saturated carbocycles. The first-order valence-electron chi connectivity index (χ1n) is 7.60. The van der Waals surface area contributed by atoms with Crippen molar-refractivity contribution in [3.63, 3.8) is 0 Å². The molecule has 2 aromatic rings. The molecule has 0 amide bonds. The first-order chi connectivity index (χ1) is 11.3. The van der Waals surface area contributed by atoms with Crippen LogP contribution in [-0.4, -0.2) is 16.5 Å². The number of benzene rings is 1. The van der Waals surface area contributed by atoms with Crippen LogP contribution >= 0.6 is 0 Å². The molecule has 0 spiro atoms. The first-order valence-corrected chi connectivity index (χ1v) is 7.60. The number of hydrogen-bond donors (Lipinski definition) is 3. The number of aryl methyl sites for hydroxylation is 1. The molecule has 0 bridgehead atoms. The van der Waals surface area contributed by atoms with Crippen LogP contribution in [0.3, 0.4) is 0 Å². The highest BCUT2D eigenvalue weighted by Gasteiger charge is 2.31. The van der Waals surface area contributed by atoms with E-state index in [2.05, 4.69) is 20.6 Å². The fraction of sp³-hybridized carbons (Fsp3) is 0.375. The van der Waals surface area contributed by atoms with E-state index in [1.165, 1.54) is 6.07 Å². The lowest BCUT2D eigenvalue weighted by Gasteiger charge is -2.20. The summed E-state index contributed by atoms with van der Waals surface area (Å²) in [4.78, 5) is 8.81. The number of nitrogens with one attached hydrogen (secondary N) is 2. The molecule has 0 radical (unpaired) electrons. The Morgan fingerprint density at radius 1 is 1.25 bits per heavy atom. The minimum Gasteiger partial charge on any atom is -0.399 e. The number of aromatic nitrogens is 2. The Balaban J connectivity index is 1.84. The van der Waals surface area contributed by atoms with Crippen molar-refractivity contribution in [3.8, 4) is 0 Å². The molecule has 2 heterocycles. The molecule has 128 valence electrons. The van der Waals surface area contributed by atoms with E-state index in [4.69, 9.17) is 5.73 Å². The Morgan fingerprint density at radius 3 is 2.79 bits per heavy atom. The smallest absolute Gasteiger partial charge is 0.399 e. The van der Waals surface area contributed by atoms with Crippen LogP contribution in [0.5, 0.6) is 0 Å². The van der Waals surface area contributed by atoms with Gasteiger partial charge >= 0.3 is 6.18 Å². The van der Waals surface area contributed by atoms with E-state index in [-0.39, 0.29) is 12.2 Å². The first kappa shape index (κ1) is 16.5. The quantitative estimate of drug-likeness (QED) is 0.751. The Labute approximate surface area is 137 Å². The number of nitrogens with zero attached hydrogens (tertiary/aromatic N) is 2. The second kappa shape index (κ2) is 6.27. The van der Waals surface area contributed by atoms with Gasteiger partial charge in [0, 0.05) is 37.3 Å². The van der Waals surface area contributed by atoms with E-state index in [0.29, 0.717) is 23.8 Å². The van der Waals surface area contributed by atoms with Gasteiger partial charge in [-0.05, 0) is 30.7 Å². The SMILES string of the molecule is Cc1nc2c(c(NCc3cc(N)cc(C(F)(F)F)c3)n1)CNCC2. The highest BCUT2D eigenvalue weighted by atomic mass is 19.4. The molecule has 1 aliphatic rings. The fourth-order valence-electron chi connectivity index (χ4n) is 2.78. The minimum absolute atomic E-state index is 0.0872. The summed E-state index contributed by atoms with van der Waals surface area (Å²) in [6.07, 6.45) is -3.61. The zero-order valence-electron chi connectivity index (χ0n) is 13.2. The minimum atomic E-state index is -4.42. The van der Waals surface area contributed by atoms with Crippen molar-refractivity contribution in [2.75, 3.05) is 17.6 Å². The third kappa shape index (κ3) is 3.59. The molecule has 0 atom stereocenters. The summed E-state index contributed by atoms with van der Waals surface area (Å²) in [5, 5.41) is 6.37. The molecule has 24 heavy (non-hydrogen) atoms. The van der Waals surface area contributed by atoms with Gasteiger partial charge < -0.3 is 16.4 Å². The van der Waals surface area contributed by atoms with Crippen molar-refractivity contribution in [3.05, 3.63) is 46.4 Å². The molecule has 0 fully saturated rings. The van der Waals surface area contributed by atoms with E-state index in [1.807, 2.05) is 0 Å². The summed E-state index contributed by atoms with van der Waals surface area (Å²) < 4.78 is 38.7. The zero-order chi connectivity index (χ0) is 17.3. The molecule has 0 unspecified atom stereocenters. The van der Waals surface area contributed by atoms with Crippen LogP contribution in [0.25, 0.3) is 0 Å². The summed E-state index contributed by atoms with van der Waals surface area (Å²) in [6.45, 7) is 3.50. The third-order valence-electron chi connectivity index (χ3n) is 3.85. The average Bonchev–Trinajstić information content (AvgIpc) is 2.51. The van der Waals surface area contributed by atoms with Gasteiger partial charge in [0.25, 0.3) is 0 Å². The maximum Gasteiger partial charge on any atom is 0.416 e. The Morgan fingerprint density at radius 2 is 2.04 bits per heavy atom. The van der Waals surface area contributed by atoms with Crippen molar-refractivity contribution in [2.24, 2.45) is 0 Å². The molecule has 0 aliphatic carbocycles. The van der Waals surface area contributed by atoms with E-state index in [1.54, 1.807) is 6.92 Å². The van der Waals surface area contributed by atoms with Crippen molar-refractivity contribution < 1.29 is 13.2 Å². The predicted molar refractivity (Wildman–Crippen MR) is 85.4 cm³/mol. The number of rotatable bonds is 3. The summed E-state index contributed by atoms with van der Waals surface area (Å²) in [5.41, 5.74) is 7.33. The molecular formula is C16H18F3N5. The molecule has 8 heteroatoms. The van der Waals surface area contributed by atoms with Crippen LogP contribution in [-0.2, 0) is 25.7 Å². The van der Waals surface area contributed by atoms with Gasteiger partial charge in [0.1, 0.15) is 11.6 Å². The Bertz CT molecular complexity index is 758. The molecule has 0 saturated heterocycles. The Kier molecular flexibility index (Phi) is 4.31. The Hall–Kier alpha value is -2.35. The molecule has 4 N–H and O–H groups in total. The monoisotopic (exact) mass is 337 g/mol. The topological polar surface area (TPSA) is 75.9 Å². The molecule has 5 nitrogen and oxygen atoms in total. The number of alkyl halides is 3. The average molecular weight is 337 g/mol. The van der Waals surface area contributed by atoms with Gasteiger partial charge in [0.2, 0.25) is 0 Å². The van der Waals surface area contributed by atoms with Crippen molar-refractivity contribution in [2.45, 2.75) is 32.6 Å². The predicted octanol–water partition coefficient (Wildman–Crippen LogP) is 2.64. The summed E-state index contributed by atoms with van der Waals surface area (Å²) in [7, 11) is 0. The third-order valence-corrected chi connectivity index (χ3v) is 3.85. The maximum absolute atomic E-state index is 12.9. The lowest BCUT2D eigenvalue weighted by Crippen LogP contribution is -2.26. The van der Waals surface area contributed by atoms with Crippen molar-refractivity contribution >= 4 is 11.5 Å². The lowest BCUT2D eigenvalue weighted by molar-refractivity contribution is -0.137. The number of hydrogen-bond acceptors (Lipinski definition) is 5. The van der Waals surface area contributed by atoms with Crippen molar-refractivity contribution in [1.29, 1.82) is 0 Å². The van der Waals surface area contributed by atoms with Crippen LogP contribution in [0.4, 0.5) is 24.7 Å². The normalized spacial score (nSPS) is 14.3. The number of nitrogen functional groups attached to an aromatic ring is 1. The van der Waals surface area contributed by atoms with Crippen LogP contribution in [0.2, 0.25) is 0 Å². The van der Waals surface area contributed by atoms with Gasteiger partial charge in [-0.1, -0.05) is 0 Å². The highest BCUT2D eigenvalue weighted by molar-refractivity contribution is 5.50. The number of nitrogens with two attached hydrogens (primary N) is 1. The summed E-state index contributed by atoms with van der Waals surface area (Å²) >= 11 is 0. The van der Waals surface area contributed by atoms with Gasteiger partial charge in [-0.15, -0.1) is 0 Å². The van der Waals surface area contributed by atoms with Crippen molar-refractivity contribution in [1.82, 2.24) is 15.3 Å². The van der Waals surface area contributed by atoms with E-state index in [9.17, 15) is 13.2 Å². The summed E-state index contributed by atoms with van der Waals surface area (Å²) in [5.74, 6) is 1.29. The van der Waals surface area contributed by atoms with Gasteiger partial charge in [0.15, 0.2) is 0 Å². The number of anilines is 2. The van der Waals surface area contributed by atoms with Gasteiger partial charge in [-0.2, -0.15) is 13.2 Å². The standard InChI is InChI=1S/C16H18F3N5/c1-9-23-14-2-3-21-8-13(14)15(24-9)22-7-10-4-11(16(17,18)19)6-12(20)5-10/h4-6,21H,2-3,7-8,20H2,1H3,(H,22,23,24). The van der Waals surface area contributed by atoms with Crippen LogP contribution in [0, 0.1) is 6.92 Å². The number of halogens is 3. The van der Waals surface area contributed by atoms with Gasteiger partial charge in [-0.3, -0.25) is 0 Å². The molecule has 1 aliphatic heterocycles. The fourth-order valence-corrected chi connectivity index (χ4v) is 2.78. The second-order valence-electron chi connectivity index (χ2n) is 5.79. The van der Waals surface area contributed by atoms with Crippen LogP contribution in [0.1, 0.15) is 28.2 Å². The zero-order valence-corrected chi connectivity index (χ0v) is 13.2. The van der Waals surface area contributed by atoms with E-state index < -0.39 is 11.7 Å². The molecular weight excluding hydrogens is 319 g/mol. The van der Waals surface area contributed by atoms with Crippen LogP contribution < -0.4 is 16.4 Å². The van der Waals surface area contributed by atoms with Gasteiger partial charge in [-0.25, -0.2) is 9.97 Å². The largest absolute Gasteiger partial charge is 0.416 e. The molecule has 3 rings (SSSR count). The van der Waals surface area contributed by atoms with E-state index >= 15 is 0 Å². The molecule has 1 aromatic carbocycles.